The highest BCUT2D eigenvalue weighted by Crippen LogP contribution is 2.28. The van der Waals surface area contributed by atoms with Crippen molar-refractivity contribution in [2.24, 2.45) is 5.92 Å². The van der Waals surface area contributed by atoms with Crippen molar-refractivity contribution in [1.82, 2.24) is 26.5 Å². The van der Waals surface area contributed by atoms with E-state index in [1.165, 1.54) is 32.1 Å². The van der Waals surface area contributed by atoms with Crippen molar-refractivity contribution < 1.29 is 9.63 Å². The quantitative estimate of drug-likeness (QED) is 0.553. The summed E-state index contributed by atoms with van der Waals surface area (Å²) in [5.74, 6) is 1.98. The van der Waals surface area contributed by atoms with Gasteiger partial charge in [-0.25, -0.2) is 5.01 Å². The molecule has 0 spiro atoms. The lowest BCUT2D eigenvalue weighted by molar-refractivity contribution is -0.124. The van der Waals surface area contributed by atoms with Gasteiger partial charge in [0.25, 0.3) is 0 Å². The van der Waals surface area contributed by atoms with Crippen molar-refractivity contribution in [1.29, 1.82) is 0 Å². The highest BCUT2D eigenvalue weighted by Gasteiger charge is 2.39. The SMILES string of the molecule is CC1CSC(C2CC(C(=O)NC3CNN(CC4CCCCC4)C3)NO2)N1. The number of carbonyl (C=O) groups excluding carboxylic acids is 1. The van der Waals surface area contributed by atoms with Gasteiger partial charge in [0.05, 0.1) is 11.4 Å². The Labute approximate surface area is 160 Å². The van der Waals surface area contributed by atoms with Crippen LogP contribution in [0.4, 0.5) is 0 Å². The van der Waals surface area contributed by atoms with E-state index in [0.717, 1.165) is 37.7 Å². The van der Waals surface area contributed by atoms with Crippen molar-refractivity contribution in [3.8, 4) is 0 Å². The first-order valence-corrected chi connectivity index (χ1v) is 11.3. The van der Waals surface area contributed by atoms with Crippen LogP contribution in [0.1, 0.15) is 45.4 Å². The Morgan fingerprint density at radius 3 is 2.92 bits per heavy atom. The minimum atomic E-state index is -0.245. The van der Waals surface area contributed by atoms with Crippen LogP contribution in [-0.4, -0.2) is 65.9 Å². The molecule has 7 nitrogen and oxygen atoms in total. The Kier molecular flexibility index (Phi) is 6.38. The zero-order chi connectivity index (χ0) is 17.9. The van der Waals surface area contributed by atoms with Crippen LogP contribution >= 0.6 is 11.8 Å². The summed E-state index contributed by atoms with van der Waals surface area (Å²) in [4.78, 5) is 18.3. The van der Waals surface area contributed by atoms with Gasteiger partial charge in [0.2, 0.25) is 5.91 Å². The smallest absolute Gasteiger partial charge is 0.239 e. The van der Waals surface area contributed by atoms with E-state index in [9.17, 15) is 4.79 Å². The second-order valence-corrected chi connectivity index (χ2v) is 9.54. The van der Waals surface area contributed by atoms with Crippen LogP contribution in [0.3, 0.4) is 0 Å². The van der Waals surface area contributed by atoms with Crippen LogP contribution in [0.25, 0.3) is 0 Å². The Hall–Kier alpha value is -0.380. The summed E-state index contributed by atoms with van der Waals surface area (Å²) in [7, 11) is 0. The topological polar surface area (TPSA) is 77.7 Å². The predicted octanol–water partition coefficient (Wildman–Crippen LogP) is 0.585. The van der Waals surface area contributed by atoms with Gasteiger partial charge in [-0.2, -0.15) is 5.48 Å². The molecule has 0 aromatic rings. The first kappa shape index (κ1) is 19.0. The molecule has 3 heterocycles. The van der Waals surface area contributed by atoms with E-state index in [4.69, 9.17) is 4.84 Å². The Morgan fingerprint density at radius 1 is 1.31 bits per heavy atom. The maximum absolute atomic E-state index is 12.6. The molecule has 0 bridgehead atoms. The minimum absolute atomic E-state index is 0.0604. The first-order valence-electron chi connectivity index (χ1n) is 10.2. The number of hydrazine groups is 1. The van der Waals surface area contributed by atoms with Crippen LogP contribution in [0.5, 0.6) is 0 Å². The van der Waals surface area contributed by atoms with Crippen molar-refractivity contribution in [3.63, 3.8) is 0 Å². The molecule has 3 saturated heterocycles. The molecule has 5 atom stereocenters. The third-order valence-corrected chi connectivity index (χ3v) is 7.50. The van der Waals surface area contributed by atoms with E-state index >= 15 is 0 Å². The molecule has 0 radical (unpaired) electrons. The predicted molar refractivity (Wildman–Crippen MR) is 103 cm³/mol. The van der Waals surface area contributed by atoms with Gasteiger partial charge in [0.15, 0.2) is 0 Å². The van der Waals surface area contributed by atoms with Crippen LogP contribution in [-0.2, 0) is 9.63 Å². The number of rotatable bonds is 5. The summed E-state index contributed by atoms with van der Waals surface area (Å²) in [5, 5.41) is 9.31. The highest BCUT2D eigenvalue weighted by atomic mass is 32.2. The molecule has 26 heavy (non-hydrogen) atoms. The van der Waals surface area contributed by atoms with E-state index in [-0.39, 0.29) is 29.5 Å². The van der Waals surface area contributed by atoms with Gasteiger partial charge in [-0.1, -0.05) is 19.3 Å². The zero-order valence-corrected chi connectivity index (χ0v) is 16.5. The van der Waals surface area contributed by atoms with Crippen LogP contribution in [0.15, 0.2) is 0 Å². The molecule has 8 heteroatoms. The fraction of sp³-hybridized carbons (Fsp3) is 0.944. The number of hydroxylamine groups is 1. The molecule has 0 aromatic heterocycles. The molecule has 4 aliphatic rings. The van der Waals surface area contributed by atoms with Gasteiger partial charge in [-0.05, 0) is 25.7 Å². The molecule has 1 amide bonds. The number of thioether (sulfide) groups is 1. The second kappa shape index (κ2) is 8.75. The Morgan fingerprint density at radius 2 is 2.15 bits per heavy atom. The molecule has 1 aliphatic carbocycles. The summed E-state index contributed by atoms with van der Waals surface area (Å²) < 4.78 is 0. The maximum Gasteiger partial charge on any atom is 0.239 e. The fourth-order valence-electron chi connectivity index (χ4n) is 4.54. The lowest BCUT2D eigenvalue weighted by atomic mass is 9.89. The van der Waals surface area contributed by atoms with Gasteiger partial charge >= 0.3 is 0 Å². The lowest BCUT2D eigenvalue weighted by Crippen LogP contribution is -2.47. The molecule has 4 N–H and O–H groups in total. The number of hydrogen-bond acceptors (Lipinski definition) is 7. The molecule has 5 unspecified atom stereocenters. The van der Waals surface area contributed by atoms with Crippen molar-refractivity contribution in [3.05, 3.63) is 0 Å². The number of carbonyl (C=O) groups is 1. The van der Waals surface area contributed by atoms with E-state index in [1.54, 1.807) is 0 Å². The zero-order valence-electron chi connectivity index (χ0n) is 15.7. The average Bonchev–Trinajstić information content (AvgIpc) is 3.37. The molecule has 148 valence electrons. The van der Waals surface area contributed by atoms with Crippen LogP contribution in [0.2, 0.25) is 0 Å². The standard InChI is InChI=1S/C18H33N5O2S/c1-12-11-26-18(20-12)16-7-15(22-25-16)17(24)21-14-8-19-23(10-14)9-13-5-3-2-4-6-13/h12-16,18-20,22H,2-11H2,1H3,(H,21,24). The van der Waals surface area contributed by atoms with Crippen LogP contribution in [0, 0.1) is 5.92 Å². The van der Waals surface area contributed by atoms with Crippen molar-refractivity contribution in [2.45, 2.75) is 75.1 Å². The number of nitrogens with one attached hydrogen (secondary N) is 4. The third kappa shape index (κ3) is 4.72. The number of hydrogen-bond donors (Lipinski definition) is 4. The number of nitrogens with zero attached hydrogens (tertiary/aromatic N) is 1. The van der Waals surface area contributed by atoms with E-state index in [1.807, 2.05) is 11.8 Å². The normalized spacial score (nSPS) is 39.5. The summed E-state index contributed by atoms with van der Waals surface area (Å²) in [5.41, 5.74) is 6.41. The van der Waals surface area contributed by atoms with E-state index in [0.29, 0.717) is 6.04 Å². The van der Waals surface area contributed by atoms with Gasteiger partial charge in [-0.15, -0.1) is 11.8 Å². The Bertz CT molecular complexity index is 490. The van der Waals surface area contributed by atoms with Crippen molar-refractivity contribution in [2.75, 3.05) is 25.4 Å². The van der Waals surface area contributed by atoms with Crippen LogP contribution < -0.4 is 21.5 Å². The molecule has 0 aromatic carbocycles. The molecular formula is C18H33N5O2S. The summed E-state index contributed by atoms with van der Waals surface area (Å²) in [6.45, 7) is 5.03. The van der Waals surface area contributed by atoms with Gasteiger partial charge in [-0.3, -0.25) is 20.4 Å². The first-order chi connectivity index (χ1) is 12.7. The van der Waals surface area contributed by atoms with E-state index < -0.39 is 0 Å². The van der Waals surface area contributed by atoms with E-state index in [2.05, 4.69) is 33.5 Å². The van der Waals surface area contributed by atoms with Crippen molar-refractivity contribution >= 4 is 17.7 Å². The largest absolute Gasteiger partial charge is 0.349 e. The maximum atomic E-state index is 12.6. The van der Waals surface area contributed by atoms with Gasteiger partial charge in [0.1, 0.15) is 12.1 Å². The Balaban J connectivity index is 1.18. The summed E-state index contributed by atoms with van der Waals surface area (Å²) >= 11 is 1.89. The molecular weight excluding hydrogens is 350 g/mol. The minimum Gasteiger partial charge on any atom is -0.349 e. The summed E-state index contributed by atoms with van der Waals surface area (Å²) in [6.07, 6.45) is 7.64. The van der Waals surface area contributed by atoms with Gasteiger partial charge in [0, 0.05) is 37.8 Å². The monoisotopic (exact) mass is 383 g/mol. The van der Waals surface area contributed by atoms with Gasteiger partial charge < -0.3 is 5.32 Å². The molecule has 1 saturated carbocycles. The fourth-order valence-corrected chi connectivity index (χ4v) is 5.84. The molecule has 4 rings (SSSR count). The molecule has 3 aliphatic heterocycles. The highest BCUT2D eigenvalue weighted by molar-refractivity contribution is 8.00. The summed E-state index contributed by atoms with van der Waals surface area (Å²) in [6, 6.07) is 0.456. The second-order valence-electron chi connectivity index (χ2n) is 8.36. The lowest BCUT2D eigenvalue weighted by Gasteiger charge is -2.26. The third-order valence-electron chi connectivity index (χ3n) is 6.01. The molecule has 4 fully saturated rings. The number of amides is 1. The average molecular weight is 384 g/mol.